The van der Waals surface area contributed by atoms with E-state index in [0.717, 1.165) is 16.0 Å². The molecule has 0 spiro atoms. The molecule has 0 N–H and O–H groups in total. The fraction of sp³-hybridized carbons (Fsp3) is 0.0435. The largest absolute Gasteiger partial charge is 0.238 e. The Balaban J connectivity index is 1.89. The van der Waals surface area contributed by atoms with Crippen LogP contribution in [0.25, 0.3) is 21.7 Å². The zero-order valence-corrected chi connectivity index (χ0v) is 16.9. The SMILES string of the molecule is N#CC(c1nc(-c2ccccc2)c(-c2ccccc2)s1)S(=O)(=O)c1ccccc1. The lowest BCUT2D eigenvalue weighted by molar-refractivity contribution is 0.591. The van der Waals surface area contributed by atoms with Gasteiger partial charge in [0, 0.05) is 5.56 Å². The summed E-state index contributed by atoms with van der Waals surface area (Å²) in [5.74, 6) is 0. The highest BCUT2D eigenvalue weighted by Gasteiger charge is 2.33. The first-order valence-electron chi connectivity index (χ1n) is 8.91. The van der Waals surface area contributed by atoms with Crippen molar-refractivity contribution >= 4 is 21.2 Å². The van der Waals surface area contributed by atoms with Crippen LogP contribution in [0.2, 0.25) is 0 Å². The minimum Gasteiger partial charge on any atom is -0.238 e. The molecule has 0 bridgehead atoms. The second kappa shape index (κ2) is 8.00. The summed E-state index contributed by atoms with van der Waals surface area (Å²) >= 11 is 1.25. The first-order chi connectivity index (χ1) is 14.1. The van der Waals surface area contributed by atoms with Crippen molar-refractivity contribution in [1.82, 2.24) is 4.98 Å². The molecular weight excluding hydrogens is 400 g/mol. The summed E-state index contributed by atoms with van der Waals surface area (Å²) in [6, 6.07) is 29.3. The first-order valence-corrected chi connectivity index (χ1v) is 11.3. The van der Waals surface area contributed by atoms with Gasteiger partial charge in [0.15, 0.2) is 0 Å². The first kappa shape index (κ1) is 19.1. The van der Waals surface area contributed by atoms with E-state index in [4.69, 9.17) is 0 Å². The number of sulfone groups is 1. The van der Waals surface area contributed by atoms with Crippen molar-refractivity contribution in [2.24, 2.45) is 0 Å². The van der Waals surface area contributed by atoms with Crippen molar-refractivity contribution in [2.75, 3.05) is 0 Å². The molecule has 142 valence electrons. The van der Waals surface area contributed by atoms with E-state index in [1.165, 1.54) is 23.5 Å². The van der Waals surface area contributed by atoms with Gasteiger partial charge in [0.25, 0.3) is 0 Å². The molecule has 0 fully saturated rings. The summed E-state index contributed by atoms with van der Waals surface area (Å²) in [5.41, 5.74) is 2.49. The lowest BCUT2D eigenvalue weighted by Gasteiger charge is -2.08. The zero-order valence-electron chi connectivity index (χ0n) is 15.3. The van der Waals surface area contributed by atoms with Gasteiger partial charge in [0.05, 0.1) is 21.5 Å². The molecule has 1 atom stereocenters. The highest BCUT2D eigenvalue weighted by molar-refractivity contribution is 7.92. The topological polar surface area (TPSA) is 70.8 Å². The normalized spacial score (nSPS) is 12.2. The van der Waals surface area contributed by atoms with E-state index in [2.05, 4.69) is 4.98 Å². The highest BCUT2D eigenvalue weighted by atomic mass is 32.2. The van der Waals surface area contributed by atoms with E-state index in [1.807, 2.05) is 66.7 Å². The Kier molecular flexibility index (Phi) is 5.26. The molecular formula is C23H16N2O2S2. The van der Waals surface area contributed by atoms with Crippen LogP contribution in [0, 0.1) is 11.3 Å². The minimum absolute atomic E-state index is 0.115. The molecule has 1 unspecified atom stereocenters. The quantitative estimate of drug-likeness (QED) is 0.430. The van der Waals surface area contributed by atoms with Crippen molar-refractivity contribution in [3.05, 3.63) is 96.0 Å². The number of rotatable bonds is 5. The van der Waals surface area contributed by atoms with E-state index in [9.17, 15) is 13.7 Å². The molecule has 0 aliphatic rings. The summed E-state index contributed by atoms with van der Waals surface area (Å²) < 4.78 is 26.2. The second-order valence-corrected chi connectivity index (χ2v) is 9.39. The third-order valence-electron chi connectivity index (χ3n) is 4.45. The molecule has 4 rings (SSSR count). The standard InChI is InChI=1S/C23H16N2O2S2/c24-16-20(29(26,27)19-14-8-3-9-15-19)23-25-21(17-10-4-1-5-11-17)22(28-23)18-12-6-2-7-13-18/h1-15,20H. The summed E-state index contributed by atoms with van der Waals surface area (Å²) in [5, 5.41) is 8.66. The minimum atomic E-state index is -3.89. The Labute approximate surface area is 173 Å². The number of nitrogens with zero attached hydrogens (tertiary/aromatic N) is 2. The van der Waals surface area contributed by atoms with E-state index in [0.29, 0.717) is 5.69 Å². The number of nitriles is 1. The van der Waals surface area contributed by atoms with Gasteiger partial charge in [-0.15, -0.1) is 11.3 Å². The smallest absolute Gasteiger partial charge is 0.203 e. The molecule has 3 aromatic carbocycles. The van der Waals surface area contributed by atoms with E-state index < -0.39 is 15.1 Å². The molecule has 1 aromatic heterocycles. The van der Waals surface area contributed by atoms with Crippen LogP contribution in [0.1, 0.15) is 10.3 Å². The molecule has 0 aliphatic heterocycles. The Morgan fingerprint density at radius 3 is 1.86 bits per heavy atom. The van der Waals surface area contributed by atoms with Crippen LogP contribution in [-0.4, -0.2) is 13.4 Å². The molecule has 4 nitrogen and oxygen atoms in total. The number of hydrogen-bond acceptors (Lipinski definition) is 5. The monoisotopic (exact) mass is 416 g/mol. The molecule has 0 aliphatic carbocycles. The van der Waals surface area contributed by atoms with E-state index in [1.54, 1.807) is 18.2 Å². The van der Waals surface area contributed by atoms with Gasteiger partial charge in [-0.2, -0.15) is 5.26 Å². The van der Waals surface area contributed by atoms with Crippen LogP contribution < -0.4 is 0 Å². The lowest BCUT2D eigenvalue weighted by atomic mass is 10.1. The second-order valence-electron chi connectivity index (χ2n) is 6.33. The van der Waals surface area contributed by atoms with Crippen LogP contribution in [0.15, 0.2) is 95.9 Å². The number of thiazole rings is 1. The van der Waals surface area contributed by atoms with Gasteiger partial charge < -0.3 is 0 Å². The maximum absolute atomic E-state index is 13.1. The third kappa shape index (κ3) is 3.70. The van der Waals surface area contributed by atoms with Gasteiger partial charge in [-0.1, -0.05) is 78.9 Å². The van der Waals surface area contributed by atoms with Crippen LogP contribution in [0.3, 0.4) is 0 Å². The van der Waals surface area contributed by atoms with Crippen LogP contribution in [-0.2, 0) is 9.84 Å². The molecule has 4 aromatic rings. The van der Waals surface area contributed by atoms with Crippen LogP contribution >= 0.6 is 11.3 Å². The maximum Gasteiger partial charge on any atom is 0.203 e. The van der Waals surface area contributed by atoms with Gasteiger partial charge in [0.2, 0.25) is 15.1 Å². The molecule has 0 saturated heterocycles. The van der Waals surface area contributed by atoms with Gasteiger partial charge in [-0.05, 0) is 17.7 Å². The molecule has 6 heteroatoms. The van der Waals surface area contributed by atoms with Crippen molar-refractivity contribution in [2.45, 2.75) is 10.1 Å². The van der Waals surface area contributed by atoms with Crippen molar-refractivity contribution in [3.8, 4) is 27.8 Å². The fourth-order valence-corrected chi connectivity index (χ4v) is 5.84. The molecule has 0 radical (unpaired) electrons. The van der Waals surface area contributed by atoms with E-state index >= 15 is 0 Å². The van der Waals surface area contributed by atoms with Gasteiger partial charge in [-0.3, -0.25) is 0 Å². The number of hydrogen-bond donors (Lipinski definition) is 0. The average molecular weight is 417 g/mol. The van der Waals surface area contributed by atoms with Crippen molar-refractivity contribution < 1.29 is 8.42 Å². The average Bonchev–Trinajstić information content (AvgIpc) is 3.21. The maximum atomic E-state index is 13.1. The van der Waals surface area contributed by atoms with Crippen LogP contribution in [0.4, 0.5) is 0 Å². The Bertz CT molecular complexity index is 1200. The molecule has 29 heavy (non-hydrogen) atoms. The van der Waals surface area contributed by atoms with Gasteiger partial charge >= 0.3 is 0 Å². The van der Waals surface area contributed by atoms with Crippen molar-refractivity contribution in [3.63, 3.8) is 0 Å². The number of benzene rings is 3. The lowest BCUT2D eigenvalue weighted by Crippen LogP contribution is -2.12. The number of aromatic nitrogens is 1. The molecule has 1 heterocycles. The summed E-state index contributed by atoms with van der Waals surface area (Å²) in [7, 11) is -3.89. The third-order valence-corrected chi connectivity index (χ3v) is 7.65. The molecule has 0 saturated carbocycles. The van der Waals surface area contributed by atoms with Gasteiger partial charge in [0.1, 0.15) is 5.01 Å². The summed E-state index contributed by atoms with van der Waals surface area (Å²) in [6.07, 6.45) is 0. The zero-order chi connectivity index (χ0) is 20.3. The van der Waals surface area contributed by atoms with Crippen LogP contribution in [0.5, 0.6) is 0 Å². The van der Waals surface area contributed by atoms with Crippen molar-refractivity contribution in [1.29, 1.82) is 5.26 Å². The molecule has 0 amide bonds. The fourth-order valence-electron chi connectivity index (χ4n) is 3.03. The summed E-state index contributed by atoms with van der Waals surface area (Å²) in [6.45, 7) is 0. The highest BCUT2D eigenvalue weighted by Crippen LogP contribution is 2.41. The predicted octanol–water partition coefficient (Wildman–Crippen LogP) is 5.52. The Hall–Kier alpha value is -3.27. The summed E-state index contributed by atoms with van der Waals surface area (Å²) in [4.78, 5) is 5.59. The van der Waals surface area contributed by atoms with Gasteiger partial charge in [-0.25, -0.2) is 13.4 Å². The van der Waals surface area contributed by atoms with E-state index in [-0.39, 0.29) is 9.90 Å². The Morgan fingerprint density at radius 1 is 0.793 bits per heavy atom. The Morgan fingerprint density at radius 2 is 1.31 bits per heavy atom. The predicted molar refractivity (Wildman–Crippen MR) is 115 cm³/mol.